The Bertz CT molecular complexity index is 518. The van der Waals surface area contributed by atoms with E-state index in [1.807, 2.05) is 0 Å². The maximum absolute atomic E-state index is 12.5. The van der Waals surface area contributed by atoms with Crippen LogP contribution in [0.3, 0.4) is 0 Å². The summed E-state index contributed by atoms with van der Waals surface area (Å²) in [6.45, 7) is 4.76. The van der Waals surface area contributed by atoms with Gasteiger partial charge in [0.2, 0.25) is 6.29 Å². The summed E-state index contributed by atoms with van der Waals surface area (Å²) < 4.78 is 22.2. The quantitative estimate of drug-likeness (QED) is 0.432. The van der Waals surface area contributed by atoms with E-state index in [0.717, 1.165) is 26.0 Å². The Morgan fingerprint density at radius 1 is 1.32 bits per heavy atom. The van der Waals surface area contributed by atoms with Gasteiger partial charge in [0, 0.05) is 20.1 Å². The molecular formula is C19H32NO5+. The molecule has 4 fully saturated rings. The molecule has 0 bridgehead atoms. The van der Waals surface area contributed by atoms with E-state index in [9.17, 15) is 4.79 Å². The molecule has 6 atom stereocenters. The van der Waals surface area contributed by atoms with Gasteiger partial charge >= 0.3 is 5.97 Å². The summed E-state index contributed by atoms with van der Waals surface area (Å²) in [7, 11) is 3.28. The SMILES string of the molecule is COC(C[NH2+]C[C@H]1C(=O)O[C@@H]2C[C@@]3(C)CCC[C@]4(CO4)[C@H]3C[C@@H]21)OC. The fourth-order valence-electron chi connectivity index (χ4n) is 5.93. The summed E-state index contributed by atoms with van der Waals surface area (Å²) in [5, 5.41) is 2.13. The molecule has 2 heterocycles. The predicted octanol–water partition coefficient (Wildman–Crippen LogP) is 0.696. The summed E-state index contributed by atoms with van der Waals surface area (Å²) in [6, 6.07) is 0. The smallest absolute Gasteiger partial charge is 0.315 e. The molecule has 0 unspecified atom stereocenters. The fraction of sp³-hybridized carbons (Fsp3) is 0.947. The average molecular weight is 354 g/mol. The van der Waals surface area contributed by atoms with E-state index >= 15 is 0 Å². The molecule has 0 amide bonds. The van der Waals surface area contributed by atoms with E-state index in [2.05, 4.69) is 12.2 Å². The highest BCUT2D eigenvalue weighted by Gasteiger charge is 2.65. The van der Waals surface area contributed by atoms with Crippen molar-refractivity contribution in [1.29, 1.82) is 0 Å². The Morgan fingerprint density at radius 3 is 2.76 bits per heavy atom. The van der Waals surface area contributed by atoms with Crippen LogP contribution in [0.1, 0.15) is 39.0 Å². The zero-order valence-electron chi connectivity index (χ0n) is 15.7. The lowest BCUT2D eigenvalue weighted by molar-refractivity contribution is -0.671. The van der Waals surface area contributed by atoms with Gasteiger partial charge < -0.3 is 24.3 Å². The van der Waals surface area contributed by atoms with E-state index < -0.39 is 0 Å². The molecule has 0 aromatic carbocycles. The number of methoxy groups -OCH3 is 2. The first-order chi connectivity index (χ1) is 12.0. The monoisotopic (exact) mass is 354 g/mol. The van der Waals surface area contributed by atoms with Gasteiger partial charge in [-0.25, -0.2) is 0 Å². The third kappa shape index (κ3) is 3.01. The normalized spacial score (nSPS) is 45.4. The number of hydrogen-bond acceptors (Lipinski definition) is 5. The van der Waals surface area contributed by atoms with Crippen molar-refractivity contribution in [2.45, 2.75) is 57.0 Å². The Kier molecular flexibility index (Phi) is 4.59. The van der Waals surface area contributed by atoms with Gasteiger partial charge in [0.1, 0.15) is 18.6 Å². The van der Waals surface area contributed by atoms with Gasteiger partial charge in [-0.05, 0) is 43.4 Å². The van der Waals surface area contributed by atoms with Crippen LogP contribution in [0.4, 0.5) is 0 Å². The lowest BCUT2D eigenvalue weighted by Gasteiger charge is -2.51. The minimum Gasteiger partial charge on any atom is -0.462 e. The minimum atomic E-state index is -0.232. The molecular weight excluding hydrogens is 322 g/mol. The molecule has 142 valence electrons. The third-order valence-electron chi connectivity index (χ3n) is 7.38. The molecule has 2 saturated carbocycles. The molecule has 2 saturated heterocycles. The fourth-order valence-corrected chi connectivity index (χ4v) is 5.93. The van der Waals surface area contributed by atoms with Crippen molar-refractivity contribution in [3.63, 3.8) is 0 Å². The third-order valence-corrected chi connectivity index (χ3v) is 7.38. The van der Waals surface area contributed by atoms with Crippen LogP contribution in [0.15, 0.2) is 0 Å². The van der Waals surface area contributed by atoms with Crippen LogP contribution >= 0.6 is 0 Å². The molecule has 25 heavy (non-hydrogen) atoms. The molecule has 0 aromatic rings. The number of epoxide rings is 1. The Labute approximate surface area is 149 Å². The molecule has 4 aliphatic rings. The van der Waals surface area contributed by atoms with Crippen molar-refractivity contribution < 1.29 is 29.1 Å². The number of fused-ring (bicyclic) bond motifs is 3. The van der Waals surface area contributed by atoms with Crippen LogP contribution in [-0.4, -0.2) is 57.9 Å². The topological polar surface area (TPSA) is 73.9 Å². The zero-order valence-corrected chi connectivity index (χ0v) is 15.7. The van der Waals surface area contributed by atoms with E-state index in [1.54, 1.807) is 14.2 Å². The highest BCUT2D eigenvalue weighted by atomic mass is 16.7. The summed E-state index contributed by atoms with van der Waals surface area (Å²) in [6.07, 6.45) is 5.62. The number of quaternary nitrogens is 1. The molecule has 2 aliphatic heterocycles. The van der Waals surface area contributed by atoms with Crippen molar-refractivity contribution in [3.05, 3.63) is 0 Å². The number of carbonyl (C=O) groups excluding carboxylic acids is 1. The Hall–Kier alpha value is -0.690. The minimum absolute atomic E-state index is 0.00866. The lowest BCUT2D eigenvalue weighted by atomic mass is 9.53. The largest absolute Gasteiger partial charge is 0.462 e. The van der Waals surface area contributed by atoms with Crippen LogP contribution in [0.25, 0.3) is 0 Å². The number of rotatable bonds is 6. The number of nitrogens with two attached hydrogens (primary N) is 1. The van der Waals surface area contributed by atoms with Gasteiger partial charge in [-0.1, -0.05) is 6.92 Å². The van der Waals surface area contributed by atoms with Gasteiger partial charge in [-0.3, -0.25) is 4.79 Å². The molecule has 6 heteroatoms. The summed E-state index contributed by atoms with van der Waals surface area (Å²) >= 11 is 0. The molecule has 1 spiro atoms. The number of hydrogen-bond donors (Lipinski definition) is 1. The van der Waals surface area contributed by atoms with Crippen LogP contribution in [0, 0.1) is 23.2 Å². The first kappa shape index (κ1) is 17.7. The maximum Gasteiger partial charge on any atom is 0.315 e. The first-order valence-corrected chi connectivity index (χ1v) is 9.73. The van der Waals surface area contributed by atoms with Crippen molar-refractivity contribution in [3.8, 4) is 0 Å². The van der Waals surface area contributed by atoms with E-state index in [-0.39, 0.29) is 35.3 Å². The van der Waals surface area contributed by atoms with Crippen LogP contribution in [-0.2, 0) is 23.7 Å². The summed E-state index contributed by atoms with van der Waals surface area (Å²) in [5.74, 6) is 0.898. The molecule has 0 aromatic heterocycles. The van der Waals surface area contributed by atoms with Crippen LogP contribution in [0.2, 0.25) is 0 Å². The molecule has 6 nitrogen and oxygen atoms in total. The molecule has 2 N–H and O–H groups in total. The second kappa shape index (κ2) is 6.48. The van der Waals surface area contributed by atoms with Gasteiger partial charge in [0.15, 0.2) is 0 Å². The van der Waals surface area contributed by atoms with Crippen molar-refractivity contribution in [2.24, 2.45) is 23.2 Å². The Morgan fingerprint density at radius 2 is 2.08 bits per heavy atom. The standard InChI is InChI=1S/C19H31NO5/c1-18-5-4-6-19(11-24-19)15(18)7-12-13(17(21)25-14(12)8-18)9-20-10-16(22-2)23-3/h12-16,20H,4-11H2,1-3H3/p+1/t12-,13-,14-,15+,18-,19+/m1/s1. The zero-order chi connectivity index (χ0) is 17.7. The van der Waals surface area contributed by atoms with Crippen molar-refractivity contribution in [1.82, 2.24) is 0 Å². The number of carbonyl (C=O) groups is 1. The maximum atomic E-state index is 12.5. The molecule has 2 aliphatic carbocycles. The summed E-state index contributed by atoms with van der Waals surface area (Å²) in [4.78, 5) is 12.5. The van der Waals surface area contributed by atoms with Crippen LogP contribution in [0.5, 0.6) is 0 Å². The average Bonchev–Trinajstić information content (AvgIpc) is 3.28. The van der Waals surface area contributed by atoms with Crippen LogP contribution < -0.4 is 5.32 Å². The number of esters is 1. The van der Waals surface area contributed by atoms with Gasteiger partial charge in [-0.15, -0.1) is 0 Å². The van der Waals surface area contributed by atoms with E-state index in [0.29, 0.717) is 18.4 Å². The van der Waals surface area contributed by atoms with E-state index in [4.69, 9.17) is 18.9 Å². The molecule has 0 radical (unpaired) electrons. The van der Waals surface area contributed by atoms with Crippen molar-refractivity contribution in [2.75, 3.05) is 33.9 Å². The molecule has 4 rings (SSSR count). The lowest BCUT2D eigenvalue weighted by Crippen LogP contribution is -2.88. The second-order valence-electron chi connectivity index (χ2n) is 8.76. The predicted molar refractivity (Wildman–Crippen MR) is 89.7 cm³/mol. The van der Waals surface area contributed by atoms with E-state index in [1.165, 1.54) is 19.3 Å². The summed E-state index contributed by atoms with van der Waals surface area (Å²) in [5.41, 5.74) is 0.390. The first-order valence-electron chi connectivity index (χ1n) is 9.73. The van der Waals surface area contributed by atoms with Gasteiger partial charge in [-0.2, -0.15) is 0 Å². The van der Waals surface area contributed by atoms with Crippen molar-refractivity contribution >= 4 is 5.97 Å². The second-order valence-corrected chi connectivity index (χ2v) is 8.76. The van der Waals surface area contributed by atoms with Gasteiger partial charge in [0.05, 0.1) is 18.8 Å². The highest BCUT2D eigenvalue weighted by Crippen LogP contribution is 2.62. The Balaban J connectivity index is 1.43. The number of ether oxygens (including phenoxy) is 4. The highest BCUT2D eigenvalue weighted by molar-refractivity contribution is 5.75. The van der Waals surface area contributed by atoms with Gasteiger partial charge in [0.25, 0.3) is 0 Å².